The van der Waals surface area contributed by atoms with E-state index in [0.29, 0.717) is 47.7 Å². The minimum Gasteiger partial charge on any atom is -0.489 e. The van der Waals surface area contributed by atoms with Crippen molar-refractivity contribution in [3.63, 3.8) is 0 Å². The molecule has 0 saturated heterocycles. The van der Waals surface area contributed by atoms with Crippen molar-refractivity contribution in [1.82, 2.24) is 0 Å². The molecule has 0 radical (unpaired) electrons. The Morgan fingerprint density at radius 3 is 1.50 bits per heavy atom. The van der Waals surface area contributed by atoms with Gasteiger partial charge in [0.05, 0.1) is 24.3 Å². The SMILES string of the molecule is CC[C@H](C)COc1cc(C#N)c(C#N)cc1OC[C@@H](C)CC. The average molecular weight is 300 g/mol. The lowest BCUT2D eigenvalue weighted by atomic mass is 10.1. The summed E-state index contributed by atoms with van der Waals surface area (Å²) in [4.78, 5) is 0. The van der Waals surface area contributed by atoms with Crippen LogP contribution >= 0.6 is 0 Å². The van der Waals surface area contributed by atoms with Crippen molar-refractivity contribution in [3.05, 3.63) is 23.3 Å². The molecule has 0 aliphatic carbocycles. The molecule has 0 saturated carbocycles. The molecule has 0 spiro atoms. The van der Waals surface area contributed by atoms with Gasteiger partial charge in [0.15, 0.2) is 11.5 Å². The van der Waals surface area contributed by atoms with Crippen LogP contribution in [0.15, 0.2) is 12.1 Å². The highest BCUT2D eigenvalue weighted by molar-refractivity contribution is 5.56. The Kier molecular flexibility index (Phi) is 7.26. The minimum absolute atomic E-state index is 0.317. The summed E-state index contributed by atoms with van der Waals surface area (Å²) in [5.41, 5.74) is 0.634. The number of hydrogen-bond donors (Lipinski definition) is 0. The lowest BCUT2D eigenvalue weighted by Crippen LogP contribution is -2.11. The molecule has 1 rings (SSSR count). The Morgan fingerprint density at radius 2 is 1.23 bits per heavy atom. The molecule has 22 heavy (non-hydrogen) atoms. The zero-order valence-electron chi connectivity index (χ0n) is 13.8. The zero-order valence-corrected chi connectivity index (χ0v) is 13.8. The second-order valence-electron chi connectivity index (χ2n) is 5.72. The van der Waals surface area contributed by atoms with Crippen molar-refractivity contribution in [2.75, 3.05) is 13.2 Å². The van der Waals surface area contributed by atoms with Gasteiger partial charge in [-0.3, -0.25) is 0 Å². The summed E-state index contributed by atoms with van der Waals surface area (Å²) in [6.45, 7) is 9.55. The maximum absolute atomic E-state index is 9.15. The third-order valence-electron chi connectivity index (χ3n) is 3.77. The Bertz CT molecular complexity index is 519. The maximum Gasteiger partial charge on any atom is 0.162 e. The molecule has 0 heterocycles. The van der Waals surface area contributed by atoms with Crippen LogP contribution in [-0.2, 0) is 0 Å². The van der Waals surface area contributed by atoms with E-state index in [2.05, 4.69) is 27.7 Å². The zero-order chi connectivity index (χ0) is 16.5. The van der Waals surface area contributed by atoms with Crippen LogP contribution in [0.5, 0.6) is 11.5 Å². The number of ether oxygens (including phenoxy) is 2. The molecule has 0 amide bonds. The molecular formula is C18H24N2O2. The summed E-state index contributed by atoms with van der Waals surface area (Å²) in [7, 11) is 0. The first-order valence-corrected chi connectivity index (χ1v) is 7.79. The molecule has 0 aliphatic heterocycles. The lowest BCUT2D eigenvalue weighted by Gasteiger charge is -2.17. The number of nitrogens with zero attached hydrogens (tertiary/aromatic N) is 2. The fourth-order valence-corrected chi connectivity index (χ4v) is 1.67. The van der Waals surface area contributed by atoms with E-state index in [-0.39, 0.29) is 0 Å². The lowest BCUT2D eigenvalue weighted by molar-refractivity contribution is 0.217. The largest absolute Gasteiger partial charge is 0.489 e. The fraction of sp³-hybridized carbons (Fsp3) is 0.556. The van der Waals surface area contributed by atoms with Gasteiger partial charge in [0.2, 0.25) is 0 Å². The van der Waals surface area contributed by atoms with Crippen LogP contribution in [0.1, 0.15) is 51.7 Å². The van der Waals surface area contributed by atoms with Crippen molar-refractivity contribution in [1.29, 1.82) is 10.5 Å². The van der Waals surface area contributed by atoms with Gasteiger partial charge in [-0.2, -0.15) is 10.5 Å². The van der Waals surface area contributed by atoms with Crippen LogP contribution < -0.4 is 9.47 Å². The average Bonchev–Trinajstić information content (AvgIpc) is 2.56. The van der Waals surface area contributed by atoms with Crippen LogP contribution in [0.4, 0.5) is 0 Å². The van der Waals surface area contributed by atoms with Crippen LogP contribution in [0.25, 0.3) is 0 Å². The van der Waals surface area contributed by atoms with Gasteiger partial charge in [0.25, 0.3) is 0 Å². The molecule has 2 atom stereocenters. The van der Waals surface area contributed by atoms with Crippen LogP contribution in [0.3, 0.4) is 0 Å². The second kappa shape index (κ2) is 8.95. The van der Waals surface area contributed by atoms with Crippen LogP contribution in [0.2, 0.25) is 0 Å². The molecule has 118 valence electrons. The van der Waals surface area contributed by atoms with Crippen molar-refractivity contribution < 1.29 is 9.47 Å². The van der Waals surface area contributed by atoms with E-state index >= 15 is 0 Å². The number of rotatable bonds is 8. The Labute approximate surface area is 133 Å². The molecule has 0 bridgehead atoms. The molecule has 4 heteroatoms. The van der Waals surface area contributed by atoms with Gasteiger partial charge < -0.3 is 9.47 Å². The molecule has 0 aromatic heterocycles. The first-order chi connectivity index (χ1) is 10.5. The highest BCUT2D eigenvalue weighted by Gasteiger charge is 2.14. The molecule has 0 fully saturated rings. The summed E-state index contributed by atoms with van der Waals surface area (Å²) >= 11 is 0. The third-order valence-corrected chi connectivity index (χ3v) is 3.77. The van der Waals surface area contributed by atoms with Gasteiger partial charge in [-0.25, -0.2) is 0 Å². The molecule has 1 aromatic rings. The predicted octanol–water partition coefficient (Wildman–Crippen LogP) is 4.28. The highest BCUT2D eigenvalue weighted by atomic mass is 16.5. The van der Waals surface area contributed by atoms with E-state index in [0.717, 1.165) is 12.8 Å². The van der Waals surface area contributed by atoms with E-state index in [1.807, 2.05) is 12.1 Å². The van der Waals surface area contributed by atoms with Gasteiger partial charge in [0, 0.05) is 12.1 Å². The van der Waals surface area contributed by atoms with E-state index in [9.17, 15) is 0 Å². The highest BCUT2D eigenvalue weighted by Crippen LogP contribution is 2.31. The van der Waals surface area contributed by atoms with E-state index in [1.54, 1.807) is 12.1 Å². The first-order valence-electron chi connectivity index (χ1n) is 7.79. The molecular weight excluding hydrogens is 276 g/mol. The molecule has 4 nitrogen and oxygen atoms in total. The van der Waals surface area contributed by atoms with E-state index in [4.69, 9.17) is 20.0 Å². The summed E-state index contributed by atoms with van der Waals surface area (Å²) in [5.74, 6) is 1.92. The van der Waals surface area contributed by atoms with E-state index in [1.165, 1.54) is 0 Å². The third kappa shape index (κ3) is 4.97. The summed E-state index contributed by atoms with van der Waals surface area (Å²) in [6, 6.07) is 7.28. The fourth-order valence-electron chi connectivity index (χ4n) is 1.67. The quantitative estimate of drug-likeness (QED) is 0.718. The maximum atomic E-state index is 9.15. The smallest absolute Gasteiger partial charge is 0.162 e. The van der Waals surface area contributed by atoms with Crippen molar-refractivity contribution >= 4 is 0 Å². The topological polar surface area (TPSA) is 66.0 Å². The number of nitriles is 2. The number of benzene rings is 1. The van der Waals surface area contributed by atoms with Crippen molar-refractivity contribution in [2.45, 2.75) is 40.5 Å². The Balaban J connectivity index is 3.03. The monoisotopic (exact) mass is 300 g/mol. The van der Waals surface area contributed by atoms with Gasteiger partial charge >= 0.3 is 0 Å². The Hall–Kier alpha value is -2.20. The van der Waals surface area contributed by atoms with Gasteiger partial charge in [-0.1, -0.05) is 40.5 Å². The van der Waals surface area contributed by atoms with Gasteiger partial charge in [0.1, 0.15) is 12.1 Å². The van der Waals surface area contributed by atoms with Gasteiger partial charge in [-0.05, 0) is 11.8 Å². The Morgan fingerprint density at radius 1 is 0.864 bits per heavy atom. The van der Waals surface area contributed by atoms with Crippen molar-refractivity contribution in [2.24, 2.45) is 11.8 Å². The normalized spacial score (nSPS) is 12.8. The minimum atomic E-state index is 0.317. The molecule has 1 aromatic carbocycles. The van der Waals surface area contributed by atoms with Crippen LogP contribution in [-0.4, -0.2) is 13.2 Å². The second-order valence-corrected chi connectivity index (χ2v) is 5.72. The molecule has 0 N–H and O–H groups in total. The summed E-state index contributed by atoms with van der Waals surface area (Å²) in [6.07, 6.45) is 2.04. The van der Waals surface area contributed by atoms with E-state index < -0.39 is 0 Å². The molecule has 0 aliphatic rings. The standard InChI is InChI=1S/C18H24N2O2/c1-5-13(3)11-21-17-7-15(9-19)16(10-20)8-18(17)22-12-14(4)6-2/h7-8,13-14H,5-6,11-12H2,1-4H3/t13-,14-/m0/s1. The van der Waals surface area contributed by atoms with Crippen LogP contribution in [0, 0.1) is 34.5 Å². The summed E-state index contributed by atoms with van der Waals surface area (Å²) < 4.78 is 11.6. The van der Waals surface area contributed by atoms with Gasteiger partial charge in [-0.15, -0.1) is 0 Å². The number of hydrogen-bond acceptors (Lipinski definition) is 4. The van der Waals surface area contributed by atoms with Crippen molar-refractivity contribution in [3.8, 4) is 23.6 Å². The first kappa shape index (κ1) is 17.9. The summed E-state index contributed by atoms with van der Waals surface area (Å²) in [5, 5.41) is 18.3. The molecule has 0 unspecified atom stereocenters. The predicted molar refractivity (Wildman–Crippen MR) is 85.8 cm³/mol.